The number of fused-ring (bicyclic) bond motifs is 1. The van der Waals surface area contributed by atoms with Crippen LogP contribution < -0.4 is 10.1 Å². The molecule has 9 heteroatoms. The highest BCUT2D eigenvalue weighted by molar-refractivity contribution is 5.97. The third-order valence-corrected chi connectivity index (χ3v) is 5.69. The van der Waals surface area contributed by atoms with E-state index in [4.69, 9.17) is 9.26 Å². The first kappa shape index (κ1) is 21.6. The van der Waals surface area contributed by atoms with Gasteiger partial charge >= 0.3 is 0 Å². The van der Waals surface area contributed by atoms with Crippen LogP contribution in [0.3, 0.4) is 0 Å². The number of ether oxygens (including phenoxy) is 1. The van der Waals surface area contributed by atoms with Crippen LogP contribution in [0.1, 0.15) is 56.0 Å². The van der Waals surface area contributed by atoms with Gasteiger partial charge in [-0.25, -0.2) is 0 Å². The van der Waals surface area contributed by atoms with E-state index in [1.807, 2.05) is 35.9 Å². The topological polar surface area (TPSA) is 102 Å². The molecule has 0 radical (unpaired) electrons. The number of methoxy groups -OCH3 is 1. The zero-order valence-electron chi connectivity index (χ0n) is 18.8. The zero-order chi connectivity index (χ0) is 22.8. The molecule has 0 atom stereocenters. The van der Waals surface area contributed by atoms with Crippen LogP contribution in [0.5, 0.6) is 5.75 Å². The van der Waals surface area contributed by atoms with Crippen molar-refractivity contribution in [1.29, 1.82) is 0 Å². The van der Waals surface area contributed by atoms with E-state index in [-0.39, 0.29) is 11.8 Å². The Morgan fingerprint density at radius 1 is 1.28 bits per heavy atom. The molecule has 1 aliphatic rings. The Hall–Kier alpha value is -3.62. The minimum absolute atomic E-state index is 0.144. The molecular weight excluding hydrogens is 410 g/mol. The summed E-state index contributed by atoms with van der Waals surface area (Å²) in [5, 5.41) is 11.4. The number of amides is 2. The van der Waals surface area contributed by atoms with Gasteiger partial charge in [-0.2, -0.15) is 5.10 Å². The van der Waals surface area contributed by atoms with E-state index in [9.17, 15) is 9.59 Å². The average molecular weight is 438 g/mol. The Morgan fingerprint density at radius 2 is 2.09 bits per heavy atom. The molecule has 0 bridgehead atoms. The van der Waals surface area contributed by atoms with Crippen LogP contribution in [-0.4, -0.2) is 51.9 Å². The molecule has 2 aromatic heterocycles. The van der Waals surface area contributed by atoms with Crippen molar-refractivity contribution in [3.05, 3.63) is 63.8 Å². The molecule has 1 N–H and O–H groups in total. The molecule has 0 fully saturated rings. The minimum atomic E-state index is -0.236. The smallest absolute Gasteiger partial charge is 0.272 e. The molecule has 0 aliphatic carbocycles. The highest BCUT2D eigenvalue weighted by Crippen LogP contribution is 2.26. The fourth-order valence-electron chi connectivity index (χ4n) is 4.11. The van der Waals surface area contributed by atoms with Crippen molar-refractivity contribution in [2.45, 2.75) is 40.3 Å². The maximum Gasteiger partial charge on any atom is 0.272 e. The molecule has 1 aromatic carbocycles. The summed E-state index contributed by atoms with van der Waals surface area (Å²) in [5.41, 5.74) is 4.18. The standard InChI is InChI=1S/C23H27N5O4/c1-5-24-22(29)21-18-13-27(23(30)20-14(2)26-32-15(20)3)10-9-19(18)28(25-21)12-16-7-6-8-17(11-16)31-4/h6-8,11H,5,9-10,12-13H2,1-4H3,(H,24,29). The highest BCUT2D eigenvalue weighted by atomic mass is 16.5. The van der Waals surface area contributed by atoms with E-state index in [0.29, 0.717) is 55.3 Å². The molecule has 4 rings (SSSR count). The second-order valence-corrected chi connectivity index (χ2v) is 7.82. The van der Waals surface area contributed by atoms with Gasteiger partial charge in [0.15, 0.2) is 5.69 Å². The number of aromatic nitrogens is 3. The van der Waals surface area contributed by atoms with Gasteiger partial charge < -0.3 is 19.5 Å². The Bertz CT molecular complexity index is 1140. The molecule has 9 nitrogen and oxygen atoms in total. The van der Waals surface area contributed by atoms with Gasteiger partial charge in [0.2, 0.25) is 0 Å². The van der Waals surface area contributed by atoms with Gasteiger partial charge in [-0.1, -0.05) is 17.3 Å². The average Bonchev–Trinajstić information content (AvgIpc) is 3.32. The normalized spacial score (nSPS) is 13.1. The first-order valence-corrected chi connectivity index (χ1v) is 10.6. The lowest BCUT2D eigenvalue weighted by atomic mass is 10.0. The van der Waals surface area contributed by atoms with Gasteiger partial charge in [-0.3, -0.25) is 14.3 Å². The Kier molecular flexibility index (Phi) is 5.98. The maximum absolute atomic E-state index is 13.2. The largest absolute Gasteiger partial charge is 0.497 e. The fraction of sp³-hybridized carbons (Fsp3) is 0.391. The Balaban J connectivity index is 1.67. The summed E-state index contributed by atoms with van der Waals surface area (Å²) in [6.07, 6.45) is 0.598. The summed E-state index contributed by atoms with van der Waals surface area (Å²) in [4.78, 5) is 27.7. The van der Waals surface area contributed by atoms with Crippen LogP contribution >= 0.6 is 0 Å². The third-order valence-electron chi connectivity index (χ3n) is 5.69. The number of carbonyl (C=O) groups excluding carboxylic acids is 2. The highest BCUT2D eigenvalue weighted by Gasteiger charge is 2.32. The van der Waals surface area contributed by atoms with Crippen LogP contribution in [0.2, 0.25) is 0 Å². The van der Waals surface area contributed by atoms with Crippen molar-refractivity contribution in [3.63, 3.8) is 0 Å². The zero-order valence-corrected chi connectivity index (χ0v) is 18.8. The van der Waals surface area contributed by atoms with E-state index in [1.165, 1.54) is 0 Å². The van der Waals surface area contributed by atoms with Crippen LogP contribution in [-0.2, 0) is 19.5 Å². The molecule has 168 valence electrons. The summed E-state index contributed by atoms with van der Waals surface area (Å²) in [7, 11) is 1.63. The van der Waals surface area contributed by atoms with E-state index >= 15 is 0 Å². The Morgan fingerprint density at radius 3 is 2.78 bits per heavy atom. The Labute approximate surface area is 186 Å². The molecule has 0 saturated heterocycles. The number of nitrogens with one attached hydrogen (secondary N) is 1. The van der Waals surface area contributed by atoms with Crippen molar-refractivity contribution < 1.29 is 18.8 Å². The monoisotopic (exact) mass is 437 g/mol. The van der Waals surface area contributed by atoms with Gasteiger partial charge in [0.1, 0.15) is 17.1 Å². The van der Waals surface area contributed by atoms with E-state index in [0.717, 1.165) is 22.6 Å². The number of rotatable bonds is 6. The van der Waals surface area contributed by atoms with Crippen LogP contribution in [0, 0.1) is 13.8 Å². The van der Waals surface area contributed by atoms with Crippen LogP contribution in [0.4, 0.5) is 0 Å². The van der Waals surface area contributed by atoms with Gasteiger partial charge in [-0.05, 0) is 38.5 Å². The van der Waals surface area contributed by atoms with Crippen molar-refractivity contribution in [3.8, 4) is 5.75 Å². The summed E-state index contributed by atoms with van der Waals surface area (Å²) in [5.74, 6) is 0.883. The predicted molar refractivity (Wildman–Crippen MR) is 117 cm³/mol. The first-order valence-electron chi connectivity index (χ1n) is 10.6. The summed E-state index contributed by atoms with van der Waals surface area (Å²) in [6.45, 7) is 7.19. The number of carbonyl (C=O) groups is 2. The van der Waals surface area contributed by atoms with Crippen molar-refractivity contribution in [1.82, 2.24) is 25.2 Å². The van der Waals surface area contributed by atoms with E-state index in [2.05, 4.69) is 15.6 Å². The second kappa shape index (κ2) is 8.86. The van der Waals surface area contributed by atoms with Gasteiger partial charge in [0, 0.05) is 30.8 Å². The molecule has 2 amide bonds. The number of benzene rings is 1. The summed E-state index contributed by atoms with van der Waals surface area (Å²) in [6, 6.07) is 7.77. The van der Waals surface area contributed by atoms with Gasteiger partial charge in [0.25, 0.3) is 11.8 Å². The predicted octanol–water partition coefficient (Wildman–Crippen LogP) is 2.49. The molecular formula is C23H27N5O4. The lowest BCUT2D eigenvalue weighted by molar-refractivity contribution is 0.0728. The van der Waals surface area contributed by atoms with E-state index < -0.39 is 0 Å². The van der Waals surface area contributed by atoms with E-state index in [1.54, 1.807) is 25.9 Å². The first-order chi connectivity index (χ1) is 15.4. The quantitative estimate of drug-likeness (QED) is 0.636. The summed E-state index contributed by atoms with van der Waals surface area (Å²) >= 11 is 0. The van der Waals surface area contributed by atoms with Gasteiger partial charge in [0.05, 0.1) is 25.9 Å². The van der Waals surface area contributed by atoms with Crippen molar-refractivity contribution >= 4 is 11.8 Å². The van der Waals surface area contributed by atoms with Crippen LogP contribution in [0.25, 0.3) is 0 Å². The minimum Gasteiger partial charge on any atom is -0.497 e. The molecule has 0 spiro atoms. The van der Waals surface area contributed by atoms with Crippen molar-refractivity contribution in [2.24, 2.45) is 0 Å². The molecule has 3 aromatic rings. The van der Waals surface area contributed by atoms with Gasteiger partial charge in [-0.15, -0.1) is 0 Å². The maximum atomic E-state index is 13.2. The number of hydrogen-bond donors (Lipinski definition) is 1. The molecule has 32 heavy (non-hydrogen) atoms. The number of hydrogen-bond acceptors (Lipinski definition) is 6. The van der Waals surface area contributed by atoms with Crippen LogP contribution in [0.15, 0.2) is 28.8 Å². The SMILES string of the molecule is CCNC(=O)c1nn(Cc2cccc(OC)c2)c2c1CN(C(=O)c1c(C)noc1C)CC2. The second-order valence-electron chi connectivity index (χ2n) is 7.82. The number of aryl methyl sites for hydroxylation is 2. The fourth-order valence-corrected chi connectivity index (χ4v) is 4.11. The molecule has 0 unspecified atom stereocenters. The third kappa shape index (κ3) is 3.98. The summed E-state index contributed by atoms with van der Waals surface area (Å²) < 4.78 is 12.4. The molecule has 1 aliphatic heterocycles. The lowest BCUT2D eigenvalue weighted by Gasteiger charge is -2.28. The lowest BCUT2D eigenvalue weighted by Crippen LogP contribution is -2.37. The van der Waals surface area contributed by atoms with Crippen molar-refractivity contribution in [2.75, 3.05) is 20.2 Å². The molecule has 3 heterocycles. The molecule has 0 saturated carbocycles. The number of nitrogens with zero attached hydrogens (tertiary/aromatic N) is 4.